The molecule has 166 valence electrons. The summed E-state index contributed by atoms with van der Waals surface area (Å²) < 4.78 is 1.78. The molecule has 2 aliphatic rings. The van der Waals surface area contributed by atoms with Gasteiger partial charge in [0, 0.05) is 75.7 Å². The van der Waals surface area contributed by atoms with Crippen molar-refractivity contribution >= 4 is 11.9 Å². The molecule has 0 spiro atoms. The summed E-state index contributed by atoms with van der Waals surface area (Å²) in [5.74, 6) is 0.849. The number of rotatable bonds is 5. The minimum Gasteiger partial charge on any atom is -0.339 e. The number of anilines is 1. The lowest BCUT2D eigenvalue weighted by Gasteiger charge is -2.34. The molecule has 3 aromatic rings. The molecule has 9 heteroatoms. The van der Waals surface area contributed by atoms with E-state index in [1.807, 2.05) is 48.7 Å². The third-order valence-electron chi connectivity index (χ3n) is 6.28. The predicted octanol–water partition coefficient (Wildman–Crippen LogP) is 1.75. The van der Waals surface area contributed by atoms with Crippen molar-refractivity contribution in [2.45, 2.75) is 31.3 Å². The summed E-state index contributed by atoms with van der Waals surface area (Å²) in [6, 6.07) is 6.40. The van der Waals surface area contributed by atoms with Crippen LogP contribution in [0.1, 0.15) is 29.6 Å². The summed E-state index contributed by atoms with van der Waals surface area (Å²) in [6.07, 6.45) is 11.9. The zero-order chi connectivity index (χ0) is 21.9. The Balaban J connectivity index is 1.13. The van der Waals surface area contributed by atoms with Crippen molar-refractivity contribution in [2.75, 3.05) is 31.1 Å². The summed E-state index contributed by atoms with van der Waals surface area (Å²) in [5, 5.41) is 8.04. The SMILES string of the molecule is Cn1cc(-c2ccnc(N3CCC(NC4CCN(C(=O)c5cccnc5)CC4)C3)n2)cn1. The van der Waals surface area contributed by atoms with E-state index in [-0.39, 0.29) is 5.91 Å². The van der Waals surface area contributed by atoms with Crippen LogP contribution < -0.4 is 10.2 Å². The number of aryl methyl sites for hydroxylation is 1. The molecule has 1 amide bonds. The van der Waals surface area contributed by atoms with E-state index < -0.39 is 0 Å². The lowest BCUT2D eigenvalue weighted by Crippen LogP contribution is -2.48. The van der Waals surface area contributed by atoms with Crippen LogP contribution in [0.3, 0.4) is 0 Å². The lowest BCUT2D eigenvalue weighted by molar-refractivity contribution is 0.0702. The molecule has 0 radical (unpaired) electrons. The Morgan fingerprint density at radius 3 is 2.66 bits per heavy atom. The zero-order valence-electron chi connectivity index (χ0n) is 18.3. The van der Waals surface area contributed by atoms with Gasteiger partial charge in [-0.05, 0) is 37.5 Å². The standard InChI is InChI=1S/C23H28N8O/c1-29-15-18(14-26-29)21-4-9-25-23(28-21)31-12-7-20(16-31)27-19-5-10-30(11-6-19)22(32)17-3-2-8-24-13-17/h2-4,8-9,13-15,19-20,27H,5-7,10-12,16H2,1H3. The highest BCUT2D eigenvalue weighted by atomic mass is 16.2. The van der Waals surface area contributed by atoms with Crippen LogP contribution in [0.15, 0.2) is 49.2 Å². The van der Waals surface area contributed by atoms with E-state index in [1.165, 1.54) is 0 Å². The minimum absolute atomic E-state index is 0.0780. The maximum Gasteiger partial charge on any atom is 0.255 e. The normalized spacial score (nSPS) is 19.5. The maximum atomic E-state index is 12.6. The van der Waals surface area contributed by atoms with Crippen molar-refractivity contribution in [1.82, 2.24) is 34.9 Å². The minimum atomic E-state index is 0.0780. The van der Waals surface area contributed by atoms with E-state index in [0.29, 0.717) is 17.6 Å². The molecule has 1 atom stereocenters. The van der Waals surface area contributed by atoms with Crippen LogP contribution in [0.2, 0.25) is 0 Å². The van der Waals surface area contributed by atoms with Crippen LogP contribution in [0.4, 0.5) is 5.95 Å². The first-order chi connectivity index (χ1) is 15.7. The average molecular weight is 433 g/mol. The fourth-order valence-corrected chi connectivity index (χ4v) is 4.55. The zero-order valence-corrected chi connectivity index (χ0v) is 18.3. The highest BCUT2D eigenvalue weighted by Crippen LogP contribution is 2.22. The number of carbonyl (C=O) groups excluding carboxylic acids is 1. The van der Waals surface area contributed by atoms with Gasteiger partial charge in [0.05, 0.1) is 17.5 Å². The molecule has 1 N–H and O–H groups in total. The third-order valence-corrected chi connectivity index (χ3v) is 6.28. The molecule has 0 aromatic carbocycles. The molecular weight excluding hydrogens is 404 g/mol. The van der Waals surface area contributed by atoms with Crippen molar-refractivity contribution in [3.8, 4) is 11.3 Å². The maximum absolute atomic E-state index is 12.6. The summed E-state index contributed by atoms with van der Waals surface area (Å²) in [6.45, 7) is 3.38. The van der Waals surface area contributed by atoms with Crippen LogP contribution in [0, 0.1) is 0 Å². The van der Waals surface area contributed by atoms with Gasteiger partial charge in [0.25, 0.3) is 5.91 Å². The summed E-state index contributed by atoms with van der Waals surface area (Å²) in [7, 11) is 1.90. The molecule has 1 unspecified atom stereocenters. The molecule has 32 heavy (non-hydrogen) atoms. The smallest absolute Gasteiger partial charge is 0.255 e. The second kappa shape index (κ2) is 9.04. The van der Waals surface area contributed by atoms with Crippen molar-refractivity contribution in [1.29, 1.82) is 0 Å². The number of piperidine rings is 1. The Bertz CT molecular complexity index is 1060. The van der Waals surface area contributed by atoms with E-state index in [9.17, 15) is 4.79 Å². The van der Waals surface area contributed by atoms with E-state index in [1.54, 1.807) is 17.1 Å². The van der Waals surface area contributed by atoms with Gasteiger partial charge in [0.15, 0.2) is 0 Å². The first-order valence-corrected chi connectivity index (χ1v) is 11.2. The topological polar surface area (TPSA) is 92.1 Å². The van der Waals surface area contributed by atoms with Crippen LogP contribution >= 0.6 is 0 Å². The first-order valence-electron chi connectivity index (χ1n) is 11.2. The van der Waals surface area contributed by atoms with Crippen molar-refractivity contribution < 1.29 is 4.79 Å². The van der Waals surface area contributed by atoms with E-state index >= 15 is 0 Å². The van der Waals surface area contributed by atoms with E-state index in [0.717, 1.165) is 62.6 Å². The van der Waals surface area contributed by atoms with Crippen molar-refractivity contribution in [3.63, 3.8) is 0 Å². The van der Waals surface area contributed by atoms with E-state index in [4.69, 9.17) is 4.98 Å². The Morgan fingerprint density at radius 2 is 1.91 bits per heavy atom. The van der Waals surface area contributed by atoms with E-state index in [2.05, 4.69) is 25.3 Å². The number of amides is 1. The average Bonchev–Trinajstić information content (AvgIpc) is 3.49. The molecule has 0 aliphatic carbocycles. The molecular formula is C23H28N8O. The quantitative estimate of drug-likeness (QED) is 0.657. The number of carbonyl (C=O) groups is 1. The molecule has 0 saturated carbocycles. The van der Waals surface area contributed by atoms with Gasteiger partial charge in [0.1, 0.15) is 0 Å². The Morgan fingerprint density at radius 1 is 1.06 bits per heavy atom. The summed E-state index contributed by atoms with van der Waals surface area (Å²) in [4.78, 5) is 30.1. The van der Waals surface area contributed by atoms with Gasteiger partial charge in [0.2, 0.25) is 5.95 Å². The van der Waals surface area contributed by atoms with Crippen LogP contribution in [-0.2, 0) is 7.05 Å². The summed E-state index contributed by atoms with van der Waals surface area (Å²) >= 11 is 0. The predicted molar refractivity (Wildman–Crippen MR) is 121 cm³/mol. The highest BCUT2D eigenvalue weighted by molar-refractivity contribution is 5.93. The lowest BCUT2D eigenvalue weighted by atomic mass is 10.0. The highest BCUT2D eigenvalue weighted by Gasteiger charge is 2.29. The van der Waals surface area contributed by atoms with Gasteiger partial charge in [-0.25, -0.2) is 9.97 Å². The molecule has 2 aliphatic heterocycles. The van der Waals surface area contributed by atoms with Gasteiger partial charge in [-0.1, -0.05) is 0 Å². The van der Waals surface area contributed by atoms with Crippen molar-refractivity contribution in [2.24, 2.45) is 7.05 Å². The second-order valence-corrected chi connectivity index (χ2v) is 8.55. The Labute approximate surface area is 187 Å². The van der Waals surface area contributed by atoms with Crippen LogP contribution in [0.25, 0.3) is 11.3 Å². The van der Waals surface area contributed by atoms with Gasteiger partial charge in [-0.15, -0.1) is 0 Å². The Kier molecular flexibility index (Phi) is 5.81. The molecule has 3 aromatic heterocycles. The van der Waals surface area contributed by atoms with Gasteiger partial charge < -0.3 is 15.1 Å². The van der Waals surface area contributed by atoms with Gasteiger partial charge in [-0.2, -0.15) is 5.10 Å². The molecule has 5 rings (SSSR count). The Hall–Kier alpha value is -3.33. The molecule has 9 nitrogen and oxygen atoms in total. The third kappa shape index (κ3) is 4.47. The second-order valence-electron chi connectivity index (χ2n) is 8.55. The fourth-order valence-electron chi connectivity index (χ4n) is 4.55. The number of hydrogen-bond acceptors (Lipinski definition) is 7. The summed E-state index contributed by atoms with van der Waals surface area (Å²) in [5.41, 5.74) is 2.56. The first kappa shape index (κ1) is 20.6. The number of nitrogens with zero attached hydrogens (tertiary/aromatic N) is 7. The van der Waals surface area contributed by atoms with Crippen molar-refractivity contribution in [3.05, 3.63) is 54.7 Å². The largest absolute Gasteiger partial charge is 0.339 e. The van der Waals surface area contributed by atoms with Gasteiger partial charge >= 0.3 is 0 Å². The van der Waals surface area contributed by atoms with Crippen LogP contribution in [0.5, 0.6) is 0 Å². The number of nitrogens with one attached hydrogen (secondary N) is 1. The molecule has 5 heterocycles. The number of aromatic nitrogens is 5. The fraction of sp³-hybridized carbons (Fsp3) is 0.435. The molecule has 2 saturated heterocycles. The number of hydrogen-bond donors (Lipinski definition) is 1. The molecule has 2 fully saturated rings. The monoisotopic (exact) mass is 432 g/mol. The number of likely N-dealkylation sites (tertiary alicyclic amines) is 1. The number of pyridine rings is 1. The van der Waals surface area contributed by atoms with Crippen LogP contribution in [-0.4, -0.2) is 73.8 Å². The molecule has 0 bridgehead atoms. The van der Waals surface area contributed by atoms with Gasteiger partial charge in [-0.3, -0.25) is 14.5 Å².